The van der Waals surface area contributed by atoms with Crippen LogP contribution in [0.25, 0.3) is 0 Å². The zero-order chi connectivity index (χ0) is 13.4. The Balaban J connectivity index is 1.84. The Morgan fingerprint density at radius 3 is 2.68 bits per heavy atom. The Morgan fingerprint density at radius 1 is 1.42 bits per heavy atom. The first-order chi connectivity index (χ1) is 9.27. The number of fused-ring (bicyclic) bond motifs is 1. The third kappa shape index (κ3) is 2.31. The number of halogens is 1. The highest BCUT2D eigenvalue weighted by molar-refractivity contribution is 6.31. The molecule has 1 aromatic heterocycles. The minimum absolute atomic E-state index is 0.384. The third-order valence-electron chi connectivity index (χ3n) is 4.98. The van der Waals surface area contributed by atoms with Crippen molar-refractivity contribution in [2.75, 3.05) is 7.05 Å². The van der Waals surface area contributed by atoms with Crippen LogP contribution in [0.2, 0.25) is 5.02 Å². The Morgan fingerprint density at radius 2 is 2.11 bits per heavy atom. The normalized spacial score (nSPS) is 31.0. The molecule has 2 fully saturated rings. The fourth-order valence-electron chi connectivity index (χ4n) is 4.12. The van der Waals surface area contributed by atoms with Crippen LogP contribution >= 0.6 is 11.6 Å². The fourth-order valence-corrected chi connectivity index (χ4v) is 4.38. The molecule has 1 aromatic rings. The Bertz CT molecular complexity index is 431. The molecule has 1 heterocycles. The number of hydrogen-bond acceptors (Lipinski definition) is 2. The Hall–Kier alpha value is -0.540. The number of hydrogen-bond donors (Lipinski definition) is 1. The molecule has 3 rings (SSSR count). The van der Waals surface area contributed by atoms with Crippen molar-refractivity contribution in [2.24, 2.45) is 17.8 Å². The van der Waals surface area contributed by atoms with E-state index in [2.05, 4.69) is 29.1 Å². The second kappa shape index (κ2) is 5.45. The molecule has 4 heteroatoms. The minimum Gasteiger partial charge on any atom is -0.311 e. The molecule has 2 aliphatic carbocycles. The summed E-state index contributed by atoms with van der Waals surface area (Å²) < 4.78 is 2.10. The molecule has 2 saturated carbocycles. The van der Waals surface area contributed by atoms with Crippen LogP contribution in [0.3, 0.4) is 0 Å². The van der Waals surface area contributed by atoms with Gasteiger partial charge in [0.1, 0.15) is 0 Å². The largest absolute Gasteiger partial charge is 0.311 e. The van der Waals surface area contributed by atoms with Crippen molar-refractivity contribution < 1.29 is 0 Å². The standard InChI is InChI=1S/C15H24ClN3/c1-3-8-19-15(12(16)9-18-19)14(17-2)13-10-6-4-5-7-11(10)13/h9-11,13-14,17H,3-8H2,1-2H3. The number of aryl methyl sites for hydroxylation is 1. The smallest absolute Gasteiger partial charge is 0.0834 e. The van der Waals surface area contributed by atoms with Crippen LogP contribution in [-0.2, 0) is 6.54 Å². The lowest BCUT2D eigenvalue weighted by Crippen LogP contribution is -2.24. The molecule has 3 atom stereocenters. The first kappa shape index (κ1) is 13.4. The zero-order valence-electron chi connectivity index (χ0n) is 11.9. The van der Waals surface area contributed by atoms with E-state index in [0.717, 1.165) is 35.7 Å². The van der Waals surface area contributed by atoms with Gasteiger partial charge in [-0.2, -0.15) is 5.10 Å². The van der Waals surface area contributed by atoms with E-state index >= 15 is 0 Å². The van der Waals surface area contributed by atoms with Gasteiger partial charge in [0, 0.05) is 6.54 Å². The first-order valence-corrected chi connectivity index (χ1v) is 8.04. The van der Waals surface area contributed by atoms with Crippen molar-refractivity contribution in [3.63, 3.8) is 0 Å². The number of nitrogens with one attached hydrogen (secondary N) is 1. The van der Waals surface area contributed by atoms with Gasteiger partial charge in [0.05, 0.1) is 23.0 Å². The van der Waals surface area contributed by atoms with Crippen LogP contribution in [-0.4, -0.2) is 16.8 Å². The van der Waals surface area contributed by atoms with Gasteiger partial charge in [-0.05, 0) is 44.1 Å². The molecular weight excluding hydrogens is 258 g/mol. The molecule has 0 bridgehead atoms. The summed E-state index contributed by atoms with van der Waals surface area (Å²) in [7, 11) is 2.06. The number of nitrogens with zero attached hydrogens (tertiary/aromatic N) is 2. The second-order valence-electron chi connectivity index (χ2n) is 6.06. The summed E-state index contributed by atoms with van der Waals surface area (Å²) >= 11 is 6.40. The molecule has 3 nitrogen and oxygen atoms in total. The summed E-state index contributed by atoms with van der Waals surface area (Å²) in [6, 6.07) is 0.384. The van der Waals surface area contributed by atoms with Crippen molar-refractivity contribution in [1.29, 1.82) is 0 Å². The summed E-state index contributed by atoms with van der Waals surface area (Å²) in [6.07, 6.45) is 8.55. The van der Waals surface area contributed by atoms with Crippen molar-refractivity contribution in [1.82, 2.24) is 15.1 Å². The van der Waals surface area contributed by atoms with E-state index in [1.54, 1.807) is 0 Å². The molecule has 1 N–H and O–H groups in total. The zero-order valence-corrected chi connectivity index (χ0v) is 12.7. The van der Waals surface area contributed by atoms with Crippen molar-refractivity contribution in [3.05, 3.63) is 16.9 Å². The predicted octanol–water partition coefficient (Wildman–Crippen LogP) is 3.64. The molecule has 0 amide bonds. The molecule has 0 radical (unpaired) electrons. The summed E-state index contributed by atoms with van der Waals surface area (Å²) in [5.41, 5.74) is 1.21. The molecule has 0 saturated heterocycles. The van der Waals surface area contributed by atoms with Gasteiger partial charge in [0.25, 0.3) is 0 Å². The van der Waals surface area contributed by atoms with E-state index in [4.69, 9.17) is 11.6 Å². The molecule has 19 heavy (non-hydrogen) atoms. The average Bonchev–Trinajstić information content (AvgIpc) is 3.04. The summed E-state index contributed by atoms with van der Waals surface area (Å²) in [6.45, 7) is 3.15. The van der Waals surface area contributed by atoms with Gasteiger partial charge in [-0.1, -0.05) is 31.4 Å². The van der Waals surface area contributed by atoms with Crippen LogP contribution < -0.4 is 5.32 Å². The van der Waals surface area contributed by atoms with E-state index in [1.807, 2.05) is 6.20 Å². The maximum atomic E-state index is 6.40. The summed E-state index contributed by atoms with van der Waals surface area (Å²) in [5.74, 6) is 2.62. The van der Waals surface area contributed by atoms with Gasteiger partial charge in [0.2, 0.25) is 0 Å². The molecular formula is C15H24ClN3. The quantitative estimate of drug-likeness (QED) is 0.893. The van der Waals surface area contributed by atoms with Crippen LogP contribution in [0, 0.1) is 17.8 Å². The van der Waals surface area contributed by atoms with Crippen LogP contribution in [0.4, 0.5) is 0 Å². The predicted molar refractivity (Wildman–Crippen MR) is 78.3 cm³/mol. The van der Waals surface area contributed by atoms with Gasteiger partial charge in [-0.3, -0.25) is 4.68 Å². The van der Waals surface area contributed by atoms with Gasteiger partial charge in [-0.15, -0.1) is 0 Å². The lowest BCUT2D eigenvalue weighted by molar-refractivity contribution is 0.433. The maximum Gasteiger partial charge on any atom is 0.0834 e. The minimum atomic E-state index is 0.384. The van der Waals surface area contributed by atoms with Gasteiger partial charge in [0.15, 0.2) is 0 Å². The molecule has 3 unspecified atom stereocenters. The van der Waals surface area contributed by atoms with E-state index in [-0.39, 0.29) is 0 Å². The van der Waals surface area contributed by atoms with Crippen molar-refractivity contribution in [2.45, 2.75) is 51.6 Å². The topological polar surface area (TPSA) is 29.9 Å². The van der Waals surface area contributed by atoms with E-state index in [9.17, 15) is 0 Å². The van der Waals surface area contributed by atoms with E-state index in [0.29, 0.717) is 6.04 Å². The van der Waals surface area contributed by atoms with Gasteiger partial charge in [-0.25, -0.2) is 0 Å². The van der Waals surface area contributed by atoms with Gasteiger partial charge >= 0.3 is 0 Å². The van der Waals surface area contributed by atoms with Gasteiger partial charge < -0.3 is 5.32 Å². The lowest BCUT2D eigenvalue weighted by Gasteiger charge is -2.19. The highest BCUT2D eigenvalue weighted by atomic mass is 35.5. The maximum absolute atomic E-state index is 6.40. The SMILES string of the molecule is CCCn1ncc(Cl)c1C(NC)C1C2CCCCC21. The molecule has 0 aliphatic heterocycles. The fraction of sp³-hybridized carbons (Fsp3) is 0.800. The Labute approximate surface area is 120 Å². The summed E-state index contributed by atoms with van der Waals surface area (Å²) in [5, 5.41) is 8.79. The van der Waals surface area contributed by atoms with Crippen LogP contribution in [0.1, 0.15) is 50.8 Å². The first-order valence-electron chi connectivity index (χ1n) is 7.66. The van der Waals surface area contributed by atoms with Crippen molar-refractivity contribution >= 4 is 11.6 Å². The lowest BCUT2D eigenvalue weighted by atomic mass is 10.0. The molecule has 0 spiro atoms. The van der Waals surface area contributed by atoms with Crippen LogP contribution in [0.15, 0.2) is 6.20 Å². The highest BCUT2D eigenvalue weighted by Crippen LogP contribution is 2.60. The van der Waals surface area contributed by atoms with Crippen molar-refractivity contribution in [3.8, 4) is 0 Å². The van der Waals surface area contributed by atoms with E-state index < -0.39 is 0 Å². The molecule has 0 aromatic carbocycles. The number of aromatic nitrogens is 2. The monoisotopic (exact) mass is 281 g/mol. The second-order valence-corrected chi connectivity index (χ2v) is 6.46. The average molecular weight is 282 g/mol. The molecule has 106 valence electrons. The highest BCUT2D eigenvalue weighted by Gasteiger charge is 2.55. The number of rotatable bonds is 5. The molecule has 2 aliphatic rings. The third-order valence-corrected chi connectivity index (χ3v) is 5.27. The summed E-state index contributed by atoms with van der Waals surface area (Å²) in [4.78, 5) is 0. The van der Waals surface area contributed by atoms with E-state index in [1.165, 1.54) is 31.4 Å². The van der Waals surface area contributed by atoms with Crippen LogP contribution in [0.5, 0.6) is 0 Å². The Kier molecular flexibility index (Phi) is 3.86.